The maximum absolute atomic E-state index is 12.4. The summed E-state index contributed by atoms with van der Waals surface area (Å²) in [4.78, 5) is 11.1. The summed E-state index contributed by atoms with van der Waals surface area (Å²) in [5.41, 5.74) is 2.66. The zero-order valence-corrected chi connectivity index (χ0v) is 15.8. The van der Waals surface area contributed by atoms with Gasteiger partial charge in [0.25, 0.3) is 0 Å². The Morgan fingerprint density at radius 1 is 1.21 bits per heavy atom. The minimum Gasteiger partial charge on any atom is -0.406 e. The molecular weight excluding hydrogens is 373 g/mol. The van der Waals surface area contributed by atoms with Crippen LogP contribution in [0.3, 0.4) is 0 Å². The fraction of sp³-hybridized carbons (Fsp3) is 0.474. The Bertz CT molecular complexity index is 827. The molecule has 0 radical (unpaired) electrons. The summed E-state index contributed by atoms with van der Waals surface area (Å²) in [6.07, 6.45) is -4.11. The monoisotopic (exact) mass is 396 g/mol. The molecule has 2 N–H and O–H groups in total. The van der Waals surface area contributed by atoms with Gasteiger partial charge in [-0.15, -0.1) is 13.2 Å². The zero-order chi connectivity index (χ0) is 20.3. The maximum Gasteiger partial charge on any atom is 0.573 e. The number of benzene rings is 1. The predicted molar refractivity (Wildman–Crippen MR) is 99.6 cm³/mol. The van der Waals surface area contributed by atoms with E-state index >= 15 is 0 Å². The Balaban J connectivity index is 1.82. The van der Waals surface area contributed by atoms with Crippen molar-refractivity contribution in [2.45, 2.75) is 39.1 Å². The van der Waals surface area contributed by atoms with Crippen molar-refractivity contribution >= 4 is 11.8 Å². The average Bonchev–Trinajstić information content (AvgIpc) is 2.64. The van der Waals surface area contributed by atoms with Crippen LogP contribution in [-0.2, 0) is 13.0 Å². The number of ether oxygens (including phenoxy) is 1. The summed E-state index contributed by atoms with van der Waals surface area (Å²) in [7, 11) is 0. The number of aliphatic hydroxyl groups excluding tert-OH is 1. The van der Waals surface area contributed by atoms with Crippen molar-refractivity contribution in [3.63, 3.8) is 0 Å². The number of aliphatic hydroxyl groups is 1. The Labute approximate surface area is 161 Å². The lowest BCUT2D eigenvalue weighted by atomic mass is 9.99. The van der Waals surface area contributed by atoms with E-state index in [4.69, 9.17) is 5.11 Å². The van der Waals surface area contributed by atoms with Gasteiger partial charge in [0.05, 0.1) is 12.3 Å². The number of halogens is 3. The summed E-state index contributed by atoms with van der Waals surface area (Å²) >= 11 is 0. The third kappa shape index (κ3) is 5.03. The predicted octanol–water partition coefficient (Wildman–Crippen LogP) is 3.47. The highest BCUT2D eigenvalue weighted by Gasteiger charge is 2.31. The molecule has 3 rings (SSSR count). The molecule has 0 saturated carbocycles. The molecular formula is C19H23F3N4O2. The van der Waals surface area contributed by atoms with Crippen LogP contribution in [0.1, 0.15) is 36.6 Å². The quantitative estimate of drug-likeness (QED) is 0.779. The highest BCUT2D eigenvalue weighted by Crippen LogP contribution is 2.30. The normalized spacial score (nSPS) is 14.2. The van der Waals surface area contributed by atoms with E-state index in [0.29, 0.717) is 32.0 Å². The minimum atomic E-state index is -4.69. The van der Waals surface area contributed by atoms with Crippen LogP contribution in [0, 0.1) is 0 Å². The smallest absolute Gasteiger partial charge is 0.406 e. The van der Waals surface area contributed by atoms with Gasteiger partial charge in [0.1, 0.15) is 11.6 Å². The molecule has 2 aromatic rings. The van der Waals surface area contributed by atoms with Crippen molar-refractivity contribution in [3.05, 3.63) is 41.1 Å². The highest BCUT2D eigenvalue weighted by molar-refractivity contribution is 5.49. The van der Waals surface area contributed by atoms with E-state index in [1.165, 1.54) is 12.1 Å². The summed E-state index contributed by atoms with van der Waals surface area (Å²) in [5, 5.41) is 12.0. The summed E-state index contributed by atoms with van der Waals surface area (Å²) < 4.78 is 41.3. The molecule has 152 valence electrons. The fourth-order valence-electron chi connectivity index (χ4n) is 3.08. The number of nitrogens with zero attached hydrogens (tertiary/aromatic N) is 3. The standard InChI is InChI=1S/C19H23F3N4O2/c1-12(2)16-10-17(25-18(24-16)23-6-8-27)26-7-5-13-9-15(28-19(20,21)22)4-3-14(13)11-26/h3-4,9-10,12,27H,5-8,11H2,1-2H3,(H,23,24,25). The summed E-state index contributed by atoms with van der Waals surface area (Å²) in [6, 6.07) is 6.39. The number of hydrogen-bond donors (Lipinski definition) is 2. The first-order valence-corrected chi connectivity index (χ1v) is 9.11. The van der Waals surface area contributed by atoms with Crippen molar-refractivity contribution in [1.29, 1.82) is 0 Å². The van der Waals surface area contributed by atoms with Crippen LogP contribution in [0.4, 0.5) is 24.9 Å². The number of alkyl halides is 3. The van der Waals surface area contributed by atoms with Gasteiger partial charge < -0.3 is 20.1 Å². The first kappa shape index (κ1) is 20.2. The van der Waals surface area contributed by atoms with Crippen LogP contribution in [0.5, 0.6) is 5.75 Å². The lowest BCUT2D eigenvalue weighted by molar-refractivity contribution is -0.274. The third-order valence-corrected chi connectivity index (χ3v) is 4.47. The number of rotatable bonds is 6. The molecule has 0 unspecified atom stereocenters. The van der Waals surface area contributed by atoms with E-state index in [2.05, 4.69) is 24.9 Å². The van der Waals surface area contributed by atoms with Crippen LogP contribution in [0.25, 0.3) is 0 Å². The molecule has 2 heterocycles. The molecule has 0 bridgehead atoms. The molecule has 0 saturated heterocycles. The third-order valence-electron chi connectivity index (χ3n) is 4.47. The summed E-state index contributed by atoms with van der Waals surface area (Å²) in [5.74, 6) is 1.21. The molecule has 0 fully saturated rings. The molecule has 0 amide bonds. The first-order valence-electron chi connectivity index (χ1n) is 9.11. The van der Waals surface area contributed by atoms with E-state index in [-0.39, 0.29) is 18.3 Å². The van der Waals surface area contributed by atoms with Gasteiger partial charge in [-0.3, -0.25) is 0 Å². The molecule has 28 heavy (non-hydrogen) atoms. The molecule has 1 aliphatic rings. The lowest BCUT2D eigenvalue weighted by Crippen LogP contribution is -2.31. The van der Waals surface area contributed by atoms with Gasteiger partial charge in [0.2, 0.25) is 5.95 Å². The van der Waals surface area contributed by atoms with Gasteiger partial charge in [-0.2, -0.15) is 4.98 Å². The van der Waals surface area contributed by atoms with E-state index < -0.39 is 6.36 Å². The molecule has 9 heteroatoms. The van der Waals surface area contributed by atoms with Crippen molar-refractivity contribution < 1.29 is 23.0 Å². The van der Waals surface area contributed by atoms with Crippen molar-refractivity contribution in [2.75, 3.05) is 29.9 Å². The van der Waals surface area contributed by atoms with Crippen LogP contribution >= 0.6 is 0 Å². The van der Waals surface area contributed by atoms with Crippen LogP contribution in [-0.4, -0.2) is 41.1 Å². The molecule has 1 aromatic heterocycles. The van der Waals surface area contributed by atoms with Gasteiger partial charge in [0.15, 0.2) is 0 Å². The van der Waals surface area contributed by atoms with Gasteiger partial charge >= 0.3 is 6.36 Å². The van der Waals surface area contributed by atoms with Gasteiger partial charge in [0, 0.05) is 25.7 Å². The number of anilines is 2. The van der Waals surface area contributed by atoms with Crippen molar-refractivity contribution in [1.82, 2.24) is 9.97 Å². The second-order valence-electron chi connectivity index (χ2n) is 6.93. The second kappa shape index (κ2) is 8.22. The van der Waals surface area contributed by atoms with Crippen molar-refractivity contribution in [3.8, 4) is 5.75 Å². The summed E-state index contributed by atoms with van der Waals surface area (Å²) in [6.45, 7) is 5.56. The SMILES string of the molecule is CC(C)c1cc(N2CCc3cc(OC(F)(F)F)ccc3C2)nc(NCCO)n1. The number of fused-ring (bicyclic) bond motifs is 1. The van der Waals surface area contributed by atoms with Gasteiger partial charge in [-0.1, -0.05) is 19.9 Å². The van der Waals surface area contributed by atoms with E-state index in [1.807, 2.05) is 19.9 Å². The number of nitrogens with one attached hydrogen (secondary N) is 1. The van der Waals surface area contributed by atoms with E-state index in [1.54, 1.807) is 6.07 Å². The number of hydrogen-bond acceptors (Lipinski definition) is 6. The Kier molecular flexibility index (Phi) is 5.93. The van der Waals surface area contributed by atoms with Crippen molar-refractivity contribution in [2.24, 2.45) is 0 Å². The number of aromatic nitrogens is 2. The molecule has 0 aliphatic carbocycles. The minimum absolute atomic E-state index is 0.0238. The molecule has 0 spiro atoms. The van der Waals surface area contributed by atoms with Gasteiger partial charge in [-0.25, -0.2) is 4.98 Å². The van der Waals surface area contributed by atoms with Gasteiger partial charge in [-0.05, 0) is 35.6 Å². The largest absolute Gasteiger partial charge is 0.573 e. The highest BCUT2D eigenvalue weighted by atomic mass is 19.4. The topological polar surface area (TPSA) is 70.5 Å². The average molecular weight is 396 g/mol. The first-order chi connectivity index (χ1) is 13.2. The van der Waals surface area contributed by atoms with Crippen LogP contribution in [0.15, 0.2) is 24.3 Å². The van der Waals surface area contributed by atoms with E-state index in [0.717, 1.165) is 22.6 Å². The Morgan fingerprint density at radius 2 is 2.00 bits per heavy atom. The molecule has 1 aliphatic heterocycles. The maximum atomic E-state index is 12.4. The zero-order valence-electron chi connectivity index (χ0n) is 15.8. The molecule has 1 aromatic carbocycles. The fourth-order valence-corrected chi connectivity index (χ4v) is 3.08. The van der Waals surface area contributed by atoms with Crippen LogP contribution < -0.4 is 15.0 Å². The lowest BCUT2D eigenvalue weighted by Gasteiger charge is -2.30. The Morgan fingerprint density at radius 3 is 2.68 bits per heavy atom. The Hall–Kier alpha value is -2.55. The molecule has 6 nitrogen and oxygen atoms in total. The van der Waals surface area contributed by atoms with E-state index in [9.17, 15) is 13.2 Å². The van der Waals surface area contributed by atoms with Crippen LogP contribution in [0.2, 0.25) is 0 Å². The molecule has 0 atom stereocenters. The second-order valence-corrected chi connectivity index (χ2v) is 6.93.